The van der Waals surface area contributed by atoms with Gasteiger partial charge in [0.15, 0.2) is 11.3 Å². The molecule has 4 heterocycles. The van der Waals surface area contributed by atoms with Crippen molar-refractivity contribution in [3.8, 4) is 0 Å². The number of nitrogens with one attached hydrogen (secondary N) is 1. The van der Waals surface area contributed by atoms with Crippen molar-refractivity contribution in [2.45, 2.75) is 38.0 Å². The van der Waals surface area contributed by atoms with Crippen LogP contribution in [0.25, 0.3) is 11.2 Å². The van der Waals surface area contributed by atoms with Crippen molar-refractivity contribution in [1.29, 1.82) is 0 Å². The largest absolute Gasteiger partial charge is 0.434 e. The SMILES string of the molecule is FC(F)Cn1ncc2ncc(NC3C[C@@H]4CN(c5cnc(C(F)(F)F)cn5)C[C@@H]4C3)nc21. The maximum absolute atomic E-state index is 12.7. The molecule has 5 rings (SSSR count). The number of anilines is 2. The molecule has 3 aromatic rings. The third-order valence-electron chi connectivity index (χ3n) is 6.01. The van der Waals surface area contributed by atoms with Crippen LogP contribution in [0.3, 0.4) is 0 Å². The van der Waals surface area contributed by atoms with Crippen LogP contribution in [0.4, 0.5) is 33.6 Å². The quantitative estimate of drug-likeness (QED) is 0.593. The lowest BCUT2D eigenvalue weighted by Gasteiger charge is -2.21. The minimum Gasteiger partial charge on any atom is -0.366 e. The summed E-state index contributed by atoms with van der Waals surface area (Å²) in [7, 11) is 0. The number of nitrogens with zero attached hydrogens (tertiary/aromatic N) is 7. The van der Waals surface area contributed by atoms with E-state index in [1.165, 1.54) is 12.4 Å². The van der Waals surface area contributed by atoms with Gasteiger partial charge in [-0.3, -0.25) is 0 Å². The fraction of sp³-hybridized carbons (Fsp3) is 0.526. The molecule has 32 heavy (non-hydrogen) atoms. The fourth-order valence-electron chi connectivity index (χ4n) is 4.63. The molecule has 0 radical (unpaired) electrons. The molecular weight excluding hydrogens is 435 g/mol. The first-order valence-electron chi connectivity index (χ1n) is 10.1. The van der Waals surface area contributed by atoms with Crippen molar-refractivity contribution < 1.29 is 22.0 Å². The van der Waals surface area contributed by atoms with E-state index < -0.39 is 24.8 Å². The van der Waals surface area contributed by atoms with Crippen LogP contribution in [0, 0.1) is 11.8 Å². The van der Waals surface area contributed by atoms with Crippen molar-refractivity contribution in [3.05, 3.63) is 30.5 Å². The Hall–Kier alpha value is -3.12. The second-order valence-electron chi connectivity index (χ2n) is 8.18. The molecule has 1 saturated carbocycles. The Morgan fingerprint density at radius 2 is 1.75 bits per heavy atom. The van der Waals surface area contributed by atoms with Gasteiger partial charge in [0, 0.05) is 19.1 Å². The Morgan fingerprint density at radius 3 is 2.38 bits per heavy atom. The maximum Gasteiger partial charge on any atom is 0.434 e. The van der Waals surface area contributed by atoms with Gasteiger partial charge in [0.2, 0.25) is 0 Å². The zero-order valence-corrected chi connectivity index (χ0v) is 16.7. The van der Waals surface area contributed by atoms with E-state index in [0.29, 0.717) is 47.7 Å². The van der Waals surface area contributed by atoms with Crippen molar-refractivity contribution in [2.24, 2.45) is 11.8 Å². The second-order valence-corrected chi connectivity index (χ2v) is 8.18. The number of halogens is 5. The lowest BCUT2D eigenvalue weighted by Crippen LogP contribution is -2.26. The fourth-order valence-corrected chi connectivity index (χ4v) is 4.63. The molecule has 8 nitrogen and oxygen atoms in total. The smallest absolute Gasteiger partial charge is 0.366 e. The highest BCUT2D eigenvalue weighted by molar-refractivity contribution is 5.71. The summed E-state index contributed by atoms with van der Waals surface area (Å²) in [6.07, 6.45) is -0.426. The summed E-state index contributed by atoms with van der Waals surface area (Å²) >= 11 is 0. The highest BCUT2D eigenvalue weighted by Crippen LogP contribution is 2.40. The van der Waals surface area contributed by atoms with Crippen LogP contribution in [0.1, 0.15) is 18.5 Å². The molecule has 3 atom stereocenters. The van der Waals surface area contributed by atoms with Gasteiger partial charge in [-0.2, -0.15) is 18.3 Å². The molecule has 0 amide bonds. The number of hydrogen-bond acceptors (Lipinski definition) is 7. The summed E-state index contributed by atoms with van der Waals surface area (Å²) in [5.41, 5.74) is -0.244. The third-order valence-corrected chi connectivity index (χ3v) is 6.01. The minimum atomic E-state index is -4.50. The Kier molecular flexibility index (Phi) is 5.05. The number of rotatable bonds is 5. The topological polar surface area (TPSA) is 84.7 Å². The van der Waals surface area contributed by atoms with Crippen molar-refractivity contribution >= 4 is 22.8 Å². The molecule has 0 spiro atoms. The predicted octanol–water partition coefficient (Wildman–Crippen LogP) is 3.23. The van der Waals surface area contributed by atoms with Crippen molar-refractivity contribution in [1.82, 2.24) is 29.7 Å². The number of hydrogen-bond donors (Lipinski definition) is 1. The van der Waals surface area contributed by atoms with E-state index in [9.17, 15) is 22.0 Å². The second kappa shape index (κ2) is 7.78. The molecule has 0 aromatic carbocycles. The van der Waals surface area contributed by atoms with E-state index in [2.05, 4.69) is 30.4 Å². The number of alkyl halides is 5. The lowest BCUT2D eigenvalue weighted by atomic mass is 10.0. The van der Waals surface area contributed by atoms with Gasteiger partial charge in [-0.05, 0) is 24.7 Å². The van der Waals surface area contributed by atoms with Gasteiger partial charge in [0.25, 0.3) is 6.43 Å². The van der Waals surface area contributed by atoms with Gasteiger partial charge < -0.3 is 10.2 Å². The molecule has 170 valence electrons. The van der Waals surface area contributed by atoms with Crippen molar-refractivity contribution in [2.75, 3.05) is 23.3 Å². The molecule has 1 N–H and O–H groups in total. The summed E-state index contributed by atoms with van der Waals surface area (Å²) in [4.78, 5) is 18.1. The molecular formula is C19H19F5N8. The molecule has 1 aliphatic carbocycles. The van der Waals surface area contributed by atoms with E-state index in [4.69, 9.17) is 0 Å². The Morgan fingerprint density at radius 1 is 1.00 bits per heavy atom. The molecule has 1 unspecified atom stereocenters. The van der Waals surface area contributed by atoms with Crippen LogP contribution in [0.2, 0.25) is 0 Å². The first-order valence-corrected chi connectivity index (χ1v) is 10.1. The van der Waals surface area contributed by atoms with E-state index in [1.54, 1.807) is 6.20 Å². The van der Waals surface area contributed by atoms with E-state index >= 15 is 0 Å². The van der Waals surface area contributed by atoms with Crippen molar-refractivity contribution in [3.63, 3.8) is 0 Å². The summed E-state index contributed by atoms with van der Waals surface area (Å²) in [6.45, 7) is 0.835. The van der Waals surface area contributed by atoms with Gasteiger partial charge in [-0.1, -0.05) is 0 Å². The van der Waals surface area contributed by atoms with E-state index in [-0.39, 0.29) is 6.04 Å². The van der Waals surface area contributed by atoms with Crippen LogP contribution < -0.4 is 10.2 Å². The first kappa shape index (κ1) is 20.8. The van der Waals surface area contributed by atoms with Gasteiger partial charge in [-0.15, -0.1) is 0 Å². The molecule has 13 heteroatoms. The Balaban J connectivity index is 1.21. The summed E-state index contributed by atoms with van der Waals surface area (Å²) in [5, 5.41) is 7.25. The average molecular weight is 454 g/mol. The standard InChI is InChI=1S/C19H19F5N8/c20-15(21)9-32-18-13(3-28-32)25-5-16(30-18)29-12-1-10-7-31(8-11(10)2-12)17-6-26-14(4-27-17)19(22,23)24/h3-6,10-12,15H,1-2,7-9H2,(H,29,30)/t10-,11+,12?. The zero-order chi connectivity index (χ0) is 22.5. The zero-order valence-electron chi connectivity index (χ0n) is 16.7. The normalized spacial score (nSPS) is 23.3. The summed E-state index contributed by atoms with van der Waals surface area (Å²) < 4.78 is 64.6. The minimum absolute atomic E-state index is 0.143. The van der Waals surface area contributed by atoms with Gasteiger partial charge in [0.05, 0.1) is 24.8 Å². The number of aromatic nitrogens is 6. The molecule has 1 saturated heterocycles. The van der Waals surface area contributed by atoms with Gasteiger partial charge in [-0.25, -0.2) is 33.4 Å². The highest BCUT2D eigenvalue weighted by atomic mass is 19.4. The molecule has 3 aromatic heterocycles. The lowest BCUT2D eigenvalue weighted by molar-refractivity contribution is -0.141. The first-order chi connectivity index (χ1) is 15.3. The Labute approximate surface area is 178 Å². The molecule has 2 aliphatic rings. The Bertz CT molecular complexity index is 1090. The summed E-state index contributed by atoms with van der Waals surface area (Å²) in [6, 6.07) is 0.143. The van der Waals surface area contributed by atoms with Crippen LogP contribution in [0.5, 0.6) is 0 Å². The maximum atomic E-state index is 12.7. The monoisotopic (exact) mass is 454 g/mol. The van der Waals surface area contributed by atoms with Gasteiger partial charge >= 0.3 is 6.18 Å². The predicted molar refractivity (Wildman–Crippen MR) is 104 cm³/mol. The van der Waals surface area contributed by atoms with Gasteiger partial charge in [0.1, 0.15) is 23.7 Å². The van der Waals surface area contributed by atoms with E-state index in [1.807, 2.05) is 4.90 Å². The van der Waals surface area contributed by atoms with Crippen LogP contribution in [-0.2, 0) is 12.7 Å². The highest BCUT2D eigenvalue weighted by Gasteiger charge is 2.42. The van der Waals surface area contributed by atoms with E-state index in [0.717, 1.165) is 23.7 Å². The molecule has 0 bridgehead atoms. The molecule has 2 fully saturated rings. The molecule has 1 aliphatic heterocycles. The summed E-state index contributed by atoms with van der Waals surface area (Å²) in [5.74, 6) is 1.67. The average Bonchev–Trinajstić information content (AvgIpc) is 3.41. The van der Waals surface area contributed by atoms with Crippen LogP contribution in [-0.4, -0.2) is 55.3 Å². The third kappa shape index (κ3) is 4.02. The van der Waals surface area contributed by atoms with Crippen LogP contribution in [0.15, 0.2) is 24.8 Å². The van der Waals surface area contributed by atoms with Crippen LogP contribution >= 0.6 is 0 Å². The number of fused-ring (bicyclic) bond motifs is 2.